The third kappa shape index (κ3) is 2.77. The smallest absolute Gasteiger partial charge is 0.247 e. The number of anilines is 1. The number of fused-ring (bicyclic) bond motifs is 2. The van der Waals surface area contributed by atoms with Gasteiger partial charge in [0.25, 0.3) is 0 Å². The van der Waals surface area contributed by atoms with Crippen molar-refractivity contribution >= 4 is 23.4 Å². The van der Waals surface area contributed by atoms with E-state index < -0.39 is 0 Å². The minimum absolute atomic E-state index is 0.143. The number of aryl methyl sites for hydroxylation is 1. The second-order valence-corrected chi connectivity index (χ2v) is 7.40. The van der Waals surface area contributed by atoms with E-state index in [4.69, 9.17) is 4.74 Å². The van der Waals surface area contributed by atoms with Crippen molar-refractivity contribution in [1.82, 2.24) is 4.90 Å². The lowest BCUT2D eigenvalue weighted by Crippen LogP contribution is -2.45. The molecular formula is C20H24N2O4. The number of benzene rings is 1. The van der Waals surface area contributed by atoms with Gasteiger partial charge in [-0.2, -0.15) is 0 Å². The van der Waals surface area contributed by atoms with Gasteiger partial charge in [0.1, 0.15) is 12.3 Å². The first-order valence-electron chi connectivity index (χ1n) is 9.42. The first kappa shape index (κ1) is 17.1. The molecule has 3 amide bonds. The van der Waals surface area contributed by atoms with E-state index in [-0.39, 0.29) is 36.1 Å². The zero-order chi connectivity index (χ0) is 18.3. The molecule has 6 heteroatoms. The van der Waals surface area contributed by atoms with Gasteiger partial charge >= 0.3 is 0 Å². The molecule has 0 N–H and O–H groups in total. The van der Waals surface area contributed by atoms with Crippen LogP contribution in [0.5, 0.6) is 5.75 Å². The molecule has 0 bridgehead atoms. The number of ether oxygens (including phenoxy) is 1. The van der Waals surface area contributed by atoms with Crippen molar-refractivity contribution < 1.29 is 19.1 Å². The lowest BCUT2D eigenvalue weighted by atomic mass is 9.81. The van der Waals surface area contributed by atoms with Crippen molar-refractivity contribution in [2.75, 3.05) is 25.1 Å². The van der Waals surface area contributed by atoms with Gasteiger partial charge < -0.3 is 9.64 Å². The van der Waals surface area contributed by atoms with Crippen LogP contribution in [0.3, 0.4) is 0 Å². The molecule has 0 aromatic heterocycles. The molecule has 1 aromatic rings. The lowest BCUT2D eigenvalue weighted by molar-refractivity contribution is -0.143. The highest BCUT2D eigenvalue weighted by Crippen LogP contribution is 2.38. The Morgan fingerprint density at radius 3 is 2.46 bits per heavy atom. The van der Waals surface area contributed by atoms with Crippen molar-refractivity contribution in [2.45, 2.75) is 38.5 Å². The summed E-state index contributed by atoms with van der Waals surface area (Å²) in [6, 6.07) is 5.68. The fraction of sp³-hybridized carbons (Fsp3) is 0.550. The first-order chi connectivity index (χ1) is 12.6. The highest BCUT2D eigenvalue weighted by Gasteiger charge is 2.48. The fourth-order valence-corrected chi connectivity index (χ4v) is 4.57. The summed E-state index contributed by atoms with van der Waals surface area (Å²) < 4.78 is 5.26. The van der Waals surface area contributed by atoms with E-state index in [1.807, 2.05) is 18.2 Å². The summed E-state index contributed by atoms with van der Waals surface area (Å²) >= 11 is 0. The van der Waals surface area contributed by atoms with E-state index in [0.29, 0.717) is 6.54 Å². The fourth-order valence-electron chi connectivity index (χ4n) is 4.57. The van der Waals surface area contributed by atoms with Gasteiger partial charge in [0.05, 0.1) is 18.9 Å². The average molecular weight is 356 g/mol. The van der Waals surface area contributed by atoms with Gasteiger partial charge in [-0.15, -0.1) is 0 Å². The molecule has 3 aliphatic rings. The number of nitrogens with zero attached hydrogens (tertiary/aromatic N) is 2. The Bertz CT molecular complexity index is 736. The van der Waals surface area contributed by atoms with Gasteiger partial charge in [0.15, 0.2) is 0 Å². The average Bonchev–Trinajstić information content (AvgIpc) is 2.92. The molecule has 2 aliphatic heterocycles. The molecule has 4 rings (SSSR count). The summed E-state index contributed by atoms with van der Waals surface area (Å²) in [4.78, 5) is 41.1. The normalized spacial score (nSPS) is 25.1. The predicted octanol–water partition coefficient (Wildman–Crippen LogP) is 2.15. The number of methoxy groups -OCH3 is 1. The number of imide groups is 1. The van der Waals surface area contributed by atoms with Crippen LogP contribution < -0.4 is 9.64 Å². The molecule has 1 aliphatic carbocycles. The topological polar surface area (TPSA) is 66.9 Å². The van der Waals surface area contributed by atoms with E-state index in [0.717, 1.165) is 55.5 Å². The summed E-state index contributed by atoms with van der Waals surface area (Å²) in [6.07, 6.45) is 5.27. The van der Waals surface area contributed by atoms with Crippen molar-refractivity contribution in [1.29, 1.82) is 0 Å². The largest absolute Gasteiger partial charge is 0.497 e. The number of carbonyl (C=O) groups is 3. The van der Waals surface area contributed by atoms with Crippen molar-refractivity contribution in [3.8, 4) is 5.75 Å². The summed E-state index contributed by atoms with van der Waals surface area (Å²) in [5, 5.41) is 0. The van der Waals surface area contributed by atoms with Gasteiger partial charge in [0.2, 0.25) is 17.7 Å². The highest BCUT2D eigenvalue weighted by atomic mass is 16.5. The second-order valence-electron chi connectivity index (χ2n) is 7.40. The molecule has 0 unspecified atom stereocenters. The van der Waals surface area contributed by atoms with Crippen LogP contribution in [-0.2, 0) is 20.8 Å². The number of hydrogen-bond donors (Lipinski definition) is 0. The third-order valence-corrected chi connectivity index (χ3v) is 5.93. The van der Waals surface area contributed by atoms with E-state index in [1.54, 1.807) is 12.0 Å². The molecule has 1 aromatic carbocycles. The number of likely N-dealkylation sites (tertiary alicyclic amines) is 1. The quantitative estimate of drug-likeness (QED) is 0.779. The highest BCUT2D eigenvalue weighted by molar-refractivity contribution is 6.09. The zero-order valence-corrected chi connectivity index (χ0v) is 15.1. The molecule has 1 saturated carbocycles. The Morgan fingerprint density at radius 1 is 1.12 bits per heavy atom. The number of hydrogen-bond acceptors (Lipinski definition) is 4. The SMILES string of the molecule is COc1ccc2c(c1)CCCN2C(=O)CN1C(=O)[C@@H]2CCCC[C@H]2C1=O. The van der Waals surface area contributed by atoms with E-state index >= 15 is 0 Å². The van der Waals surface area contributed by atoms with Crippen molar-refractivity contribution in [3.63, 3.8) is 0 Å². The molecule has 2 fully saturated rings. The molecule has 26 heavy (non-hydrogen) atoms. The van der Waals surface area contributed by atoms with Crippen LogP contribution in [0.4, 0.5) is 5.69 Å². The van der Waals surface area contributed by atoms with Gasteiger partial charge in [-0.1, -0.05) is 12.8 Å². The molecule has 2 heterocycles. The van der Waals surface area contributed by atoms with Gasteiger partial charge in [-0.25, -0.2) is 0 Å². The zero-order valence-electron chi connectivity index (χ0n) is 15.1. The lowest BCUT2D eigenvalue weighted by Gasteiger charge is -2.31. The molecular weight excluding hydrogens is 332 g/mol. The summed E-state index contributed by atoms with van der Waals surface area (Å²) in [7, 11) is 1.62. The third-order valence-electron chi connectivity index (χ3n) is 5.93. The van der Waals surface area contributed by atoms with Crippen LogP contribution in [0.15, 0.2) is 18.2 Å². The predicted molar refractivity (Wildman–Crippen MR) is 95.8 cm³/mol. The van der Waals surface area contributed by atoms with Crippen molar-refractivity contribution in [3.05, 3.63) is 23.8 Å². The molecule has 0 radical (unpaired) electrons. The van der Waals surface area contributed by atoms with Gasteiger partial charge in [-0.05, 0) is 49.4 Å². The minimum atomic E-state index is -0.207. The van der Waals surface area contributed by atoms with Gasteiger partial charge in [-0.3, -0.25) is 19.3 Å². The van der Waals surface area contributed by atoms with Crippen LogP contribution in [-0.4, -0.2) is 42.8 Å². The Kier molecular flexibility index (Phi) is 4.42. The molecule has 1 saturated heterocycles. The maximum Gasteiger partial charge on any atom is 0.247 e. The van der Waals surface area contributed by atoms with E-state index in [9.17, 15) is 14.4 Å². The Morgan fingerprint density at radius 2 is 1.81 bits per heavy atom. The van der Waals surface area contributed by atoms with Crippen LogP contribution in [0.1, 0.15) is 37.7 Å². The summed E-state index contributed by atoms with van der Waals surface area (Å²) in [6.45, 7) is 0.470. The minimum Gasteiger partial charge on any atom is -0.497 e. The monoisotopic (exact) mass is 356 g/mol. The maximum absolute atomic E-state index is 12.9. The Balaban J connectivity index is 1.53. The summed E-state index contributed by atoms with van der Waals surface area (Å²) in [5.41, 5.74) is 1.93. The van der Waals surface area contributed by atoms with Crippen LogP contribution in [0, 0.1) is 11.8 Å². The van der Waals surface area contributed by atoms with Crippen LogP contribution >= 0.6 is 0 Å². The van der Waals surface area contributed by atoms with Crippen LogP contribution in [0.25, 0.3) is 0 Å². The summed E-state index contributed by atoms with van der Waals surface area (Å²) in [5.74, 6) is -0.132. The Labute approximate surface area is 153 Å². The molecule has 2 atom stereocenters. The molecule has 0 spiro atoms. The van der Waals surface area contributed by atoms with Crippen LogP contribution in [0.2, 0.25) is 0 Å². The van der Waals surface area contributed by atoms with Crippen molar-refractivity contribution in [2.24, 2.45) is 11.8 Å². The maximum atomic E-state index is 12.9. The Hall–Kier alpha value is -2.37. The number of rotatable bonds is 3. The number of amides is 3. The second kappa shape index (κ2) is 6.74. The first-order valence-corrected chi connectivity index (χ1v) is 9.42. The standard InChI is InChI=1S/C20H24N2O4/c1-26-14-8-9-17-13(11-14)5-4-10-21(17)18(23)12-22-19(24)15-6-2-3-7-16(15)20(22)25/h8-9,11,15-16H,2-7,10,12H2,1H3/t15-,16-/m1/s1. The molecule has 6 nitrogen and oxygen atoms in total. The van der Waals surface area contributed by atoms with Gasteiger partial charge in [0, 0.05) is 12.2 Å². The van der Waals surface area contributed by atoms with E-state index in [2.05, 4.69) is 0 Å². The van der Waals surface area contributed by atoms with E-state index in [1.165, 1.54) is 4.90 Å². The molecule has 138 valence electrons. The number of carbonyl (C=O) groups excluding carboxylic acids is 3.